The van der Waals surface area contributed by atoms with Gasteiger partial charge in [0.15, 0.2) is 11.5 Å². The van der Waals surface area contributed by atoms with Crippen molar-refractivity contribution in [3.05, 3.63) is 53.3 Å². The molecule has 1 fully saturated rings. The van der Waals surface area contributed by atoms with Crippen LogP contribution in [0, 0.1) is 11.7 Å². The van der Waals surface area contributed by atoms with Crippen LogP contribution in [0.4, 0.5) is 4.39 Å². The smallest absolute Gasteiger partial charge is 0.223 e. The number of likely N-dealkylation sites (tertiary alicyclic amines) is 1. The molecule has 0 atom stereocenters. The Morgan fingerprint density at radius 2 is 1.70 bits per heavy atom. The number of carbonyl (C=O) groups excluding carboxylic acids is 1. The number of piperidine rings is 1. The number of ether oxygens (including phenoxy) is 3. The predicted octanol–water partition coefficient (Wildman–Crippen LogP) is 3.38. The molecule has 0 aliphatic carbocycles. The molecule has 1 N–H and O–H groups in total. The molecule has 0 bridgehead atoms. The Morgan fingerprint density at radius 3 is 2.27 bits per heavy atom. The van der Waals surface area contributed by atoms with E-state index >= 15 is 0 Å². The molecule has 7 heteroatoms. The van der Waals surface area contributed by atoms with Gasteiger partial charge in [-0.05, 0) is 49.7 Å². The van der Waals surface area contributed by atoms with E-state index < -0.39 is 0 Å². The average molecular weight is 416 g/mol. The molecular formula is C23H29FN2O4. The number of carbonyl (C=O) groups is 1. The summed E-state index contributed by atoms with van der Waals surface area (Å²) in [6.45, 7) is 2.50. The number of methoxy groups -OCH3 is 3. The van der Waals surface area contributed by atoms with E-state index in [1.807, 2.05) is 24.3 Å². The minimum absolute atomic E-state index is 0.0364. The minimum atomic E-state index is -0.178. The van der Waals surface area contributed by atoms with Crippen LogP contribution in [0.25, 0.3) is 0 Å². The minimum Gasteiger partial charge on any atom is -0.493 e. The second-order valence-corrected chi connectivity index (χ2v) is 7.39. The standard InChI is InChI=1S/C23H29FN2O4/c1-28-20-12-16(13-21(29-2)22(20)30-3)14-25-23(27)17-8-10-26(11-9-17)15-18-6-4-5-7-19(18)24/h4-7,12-13,17H,8-11,14-15H2,1-3H3,(H,25,27). The maximum Gasteiger partial charge on any atom is 0.223 e. The van der Waals surface area contributed by atoms with Crippen molar-refractivity contribution in [3.8, 4) is 17.2 Å². The molecule has 2 aromatic rings. The number of nitrogens with one attached hydrogen (secondary N) is 1. The number of hydrogen-bond donors (Lipinski definition) is 1. The largest absolute Gasteiger partial charge is 0.493 e. The Hall–Kier alpha value is -2.80. The maximum absolute atomic E-state index is 13.9. The highest BCUT2D eigenvalue weighted by molar-refractivity contribution is 5.78. The molecule has 3 rings (SSSR count). The van der Waals surface area contributed by atoms with Gasteiger partial charge in [0.25, 0.3) is 0 Å². The van der Waals surface area contributed by atoms with Crippen molar-refractivity contribution >= 4 is 5.91 Å². The quantitative estimate of drug-likeness (QED) is 0.715. The summed E-state index contributed by atoms with van der Waals surface area (Å²) in [6, 6.07) is 10.5. The molecule has 2 aromatic carbocycles. The first-order chi connectivity index (χ1) is 14.5. The van der Waals surface area contributed by atoms with E-state index in [0.717, 1.165) is 31.5 Å². The van der Waals surface area contributed by atoms with Crippen molar-refractivity contribution in [2.24, 2.45) is 5.92 Å². The van der Waals surface area contributed by atoms with E-state index in [9.17, 15) is 9.18 Å². The van der Waals surface area contributed by atoms with Gasteiger partial charge in [0.1, 0.15) is 5.82 Å². The summed E-state index contributed by atoms with van der Waals surface area (Å²) in [4.78, 5) is 14.8. The second-order valence-electron chi connectivity index (χ2n) is 7.39. The van der Waals surface area contributed by atoms with E-state index in [1.54, 1.807) is 27.4 Å². The number of rotatable bonds is 8. The molecule has 162 valence electrons. The summed E-state index contributed by atoms with van der Waals surface area (Å²) in [7, 11) is 4.68. The van der Waals surface area contributed by atoms with Crippen LogP contribution in [0.1, 0.15) is 24.0 Å². The maximum atomic E-state index is 13.9. The van der Waals surface area contributed by atoms with Crippen molar-refractivity contribution in [2.45, 2.75) is 25.9 Å². The summed E-state index contributed by atoms with van der Waals surface area (Å²) in [6.07, 6.45) is 1.52. The van der Waals surface area contributed by atoms with E-state index in [4.69, 9.17) is 14.2 Å². The van der Waals surface area contributed by atoms with Gasteiger partial charge in [-0.15, -0.1) is 0 Å². The molecule has 0 unspecified atom stereocenters. The van der Waals surface area contributed by atoms with Gasteiger partial charge in [-0.3, -0.25) is 9.69 Å². The summed E-state index contributed by atoms with van der Waals surface area (Å²) in [5, 5.41) is 3.01. The number of benzene rings is 2. The zero-order valence-corrected chi connectivity index (χ0v) is 17.7. The third-order valence-corrected chi connectivity index (χ3v) is 5.50. The van der Waals surface area contributed by atoms with E-state index in [0.29, 0.717) is 35.9 Å². The van der Waals surface area contributed by atoms with Crippen LogP contribution >= 0.6 is 0 Å². The lowest BCUT2D eigenvalue weighted by atomic mass is 9.95. The number of halogens is 1. The molecule has 0 radical (unpaired) electrons. The molecule has 1 amide bonds. The number of hydrogen-bond acceptors (Lipinski definition) is 5. The number of nitrogens with zero attached hydrogens (tertiary/aromatic N) is 1. The van der Waals surface area contributed by atoms with Gasteiger partial charge in [-0.25, -0.2) is 4.39 Å². The lowest BCUT2D eigenvalue weighted by molar-refractivity contribution is -0.126. The lowest BCUT2D eigenvalue weighted by Gasteiger charge is -2.31. The molecule has 1 aliphatic rings. The third-order valence-electron chi connectivity index (χ3n) is 5.50. The molecule has 0 saturated carbocycles. The van der Waals surface area contributed by atoms with Crippen molar-refractivity contribution in [1.29, 1.82) is 0 Å². The van der Waals surface area contributed by atoms with Gasteiger partial charge < -0.3 is 19.5 Å². The second kappa shape index (κ2) is 10.3. The average Bonchev–Trinajstić information content (AvgIpc) is 2.78. The Morgan fingerprint density at radius 1 is 1.07 bits per heavy atom. The summed E-state index contributed by atoms with van der Waals surface area (Å²) in [5.41, 5.74) is 1.57. The molecule has 30 heavy (non-hydrogen) atoms. The SMILES string of the molecule is COc1cc(CNC(=O)C2CCN(Cc3ccccc3F)CC2)cc(OC)c1OC. The van der Waals surface area contributed by atoms with E-state index in [1.165, 1.54) is 6.07 Å². The lowest BCUT2D eigenvalue weighted by Crippen LogP contribution is -2.40. The Bertz CT molecular complexity index is 841. The van der Waals surface area contributed by atoms with Gasteiger partial charge in [-0.2, -0.15) is 0 Å². The highest BCUT2D eigenvalue weighted by Gasteiger charge is 2.25. The van der Waals surface area contributed by atoms with Gasteiger partial charge in [0, 0.05) is 24.6 Å². The van der Waals surface area contributed by atoms with Gasteiger partial charge in [0.05, 0.1) is 21.3 Å². The van der Waals surface area contributed by atoms with Crippen LogP contribution < -0.4 is 19.5 Å². The fraction of sp³-hybridized carbons (Fsp3) is 0.435. The summed E-state index contributed by atoms with van der Waals surface area (Å²) < 4.78 is 29.9. The first-order valence-electron chi connectivity index (χ1n) is 10.1. The molecular weight excluding hydrogens is 387 g/mol. The van der Waals surface area contributed by atoms with Crippen molar-refractivity contribution < 1.29 is 23.4 Å². The zero-order chi connectivity index (χ0) is 21.5. The highest BCUT2D eigenvalue weighted by Crippen LogP contribution is 2.38. The van der Waals surface area contributed by atoms with Crippen LogP contribution in [-0.2, 0) is 17.9 Å². The monoisotopic (exact) mass is 416 g/mol. The Balaban J connectivity index is 1.52. The van der Waals surface area contributed by atoms with E-state index in [2.05, 4.69) is 10.2 Å². The first-order valence-corrected chi connectivity index (χ1v) is 10.1. The highest BCUT2D eigenvalue weighted by atomic mass is 19.1. The number of amides is 1. The van der Waals surface area contributed by atoms with Crippen LogP contribution in [0.5, 0.6) is 17.2 Å². The molecule has 0 aromatic heterocycles. The predicted molar refractivity (Wildman–Crippen MR) is 112 cm³/mol. The fourth-order valence-electron chi connectivity index (χ4n) is 3.79. The Labute approximate surface area is 176 Å². The van der Waals surface area contributed by atoms with Crippen molar-refractivity contribution in [3.63, 3.8) is 0 Å². The van der Waals surface area contributed by atoms with Gasteiger partial charge >= 0.3 is 0 Å². The van der Waals surface area contributed by atoms with Crippen LogP contribution in [-0.4, -0.2) is 45.2 Å². The molecule has 1 saturated heterocycles. The van der Waals surface area contributed by atoms with Crippen LogP contribution in [0.15, 0.2) is 36.4 Å². The van der Waals surface area contributed by atoms with Crippen molar-refractivity contribution in [1.82, 2.24) is 10.2 Å². The Kier molecular flexibility index (Phi) is 7.52. The van der Waals surface area contributed by atoms with Gasteiger partial charge in [0.2, 0.25) is 11.7 Å². The fourth-order valence-corrected chi connectivity index (χ4v) is 3.79. The summed E-state index contributed by atoms with van der Waals surface area (Å²) in [5.74, 6) is 1.46. The third kappa shape index (κ3) is 5.21. The molecule has 1 heterocycles. The van der Waals surface area contributed by atoms with E-state index in [-0.39, 0.29) is 17.6 Å². The summed E-state index contributed by atoms with van der Waals surface area (Å²) >= 11 is 0. The molecule has 6 nitrogen and oxygen atoms in total. The molecule has 1 aliphatic heterocycles. The zero-order valence-electron chi connectivity index (χ0n) is 17.7. The van der Waals surface area contributed by atoms with Crippen LogP contribution in [0.2, 0.25) is 0 Å². The van der Waals surface area contributed by atoms with Gasteiger partial charge in [-0.1, -0.05) is 18.2 Å². The molecule has 0 spiro atoms. The first kappa shape index (κ1) is 21.9. The topological polar surface area (TPSA) is 60.0 Å². The van der Waals surface area contributed by atoms with Crippen molar-refractivity contribution in [2.75, 3.05) is 34.4 Å². The van der Waals surface area contributed by atoms with Crippen LogP contribution in [0.3, 0.4) is 0 Å². The normalized spacial score (nSPS) is 14.9.